The molecule has 0 radical (unpaired) electrons. The van der Waals surface area contributed by atoms with Gasteiger partial charge in [0.05, 0.1) is 19.8 Å². The van der Waals surface area contributed by atoms with Gasteiger partial charge in [0, 0.05) is 45.8 Å². The average Bonchev–Trinajstić information content (AvgIpc) is 2.89. The summed E-state index contributed by atoms with van der Waals surface area (Å²) >= 11 is 0. The summed E-state index contributed by atoms with van der Waals surface area (Å²) in [7, 11) is 5.16. The number of carbonyl (C=O) groups is 1. The Morgan fingerprint density at radius 1 is 1.17 bits per heavy atom. The molecule has 3 atom stereocenters. The molecule has 0 heterocycles. The standard InChI is InChI=1S/C28H49N3O5/c1-20(2)22(16-21-12-13-26(35-5)27(17-21)36-15-9-14-34-4)18-24(29)25(32)19-30-28(33)31(3)23-10-7-6-8-11-23/h12-13,17,20,22-25,32H,6-11,14-16,18-19,29H2,1-5H3,(H,30,33)/t22-,24-,25-/m0/s1. The summed E-state index contributed by atoms with van der Waals surface area (Å²) in [6, 6.07) is 5.74. The van der Waals surface area contributed by atoms with Crippen molar-refractivity contribution in [2.45, 2.75) is 83.4 Å². The molecule has 1 aliphatic carbocycles. The maximum atomic E-state index is 12.6. The number of methoxy groups -OCH3 is 2. The Morgan fingerprint density at radius 3 is 2.53 bits per heavy atom. The smallest absolute Gasteiger partial charge is 0.317 e. The molecule has 0 spiro atoms. The molecule has 8 heteroatoms. The quantitative estimate of drug-likeness (QED) is 0.310. The van der Waals surface area contributed by atoms with Gasteiger partial charge in [-0.1, -0.05) is 39.2 Å². The van der Waals surface area contributed by atoms with E-state index in [0.29, 0.717) is 31.3 Å². The number of rotatable bonds is 15. The van der Waals surface area contributed by atoms with Gasteiger partial charge in [0.1, 0.15) is 0 Å². The van der Waals surface area contributed by atoms with Crippen molar-refractivity contribution in [3.05, 3.63) is 23.8 Å². The zero-order chi connectivity index (χ0) is 26.5. The van der Waals surface area contributed by atoms with Crippen LogP contribution in [0, 0.1) is 11.8 Å². The van der Waals surface area contributed by atoms with Crippen molar-refractivity contribution in [3.63, 3.8) is 0 Å². The van der Waals surface area contributed by atoms with Crippen LogP contribution in [-0.4, -0.2) is 75.3 Å². The Morgan fingerprint density at radius 2 is 1.89 bits per heavy atom. The summed E-state index contributed by atoms with van der Waals surface area (Å²) in [5, 5.41) is 13.6. The van der Waals surface area contributed by atoms with Gasteiger partial charge >= 0.3 is 6.03 Å². The molecule has 0 aliphatic heterocycles. The first-order valence-electron chi connectivity index (χ1n) is 13.5. The number of hydrogen-bond acceptors (Lipinski definition) is 6. The highest BCUT2D eigenvalue weighted by molar-refractivity contribution is 5.74. The van der Waals surface area contributed by atoms with Crippen molar-refractivity contribution in [3.8, 4) is 11.5 Å². The van der Waals surface area contributed by atoms with Gasteiger partial charge in [-0.05, 0) is 55.2 Å². The minimum atomic E-state index is -0.800. The third-order valence-electron chi connectivity index (χ3n) is 7.39. The third kappa shape index (κ3) is 9.79. The van der Waals surface area contributed by atoms with Gasteiger partial charge in [-0.25, -0.2) is 4.79 Å². The van der Waals surface area contributed by atoms with E-state index in [1.807, 2.05) is 19.2 Å². The second kappa shape index (κ2) is 15.9. The van der Waals surface area contributed by atoms with Crippen molar-refractivity contribution in [1.82, 2.24) is 10.2 Å². The summed E-state index contributed by atoms with van der Waals surface area (Å²) in [6.45, 7) is 5.71. The van der Waals surface area contributed by atoms with Gasteiger partial charge in [-0.2, -0.15) is 0 Å². The fourth-order valence-electron chi connectivity index (χ4n) is 4.85. The summed E-state index contributed by atoms with van der Waals surface area (Å²) in [6.07, 6.45) is 7.15. The topological polar surface area (TPSA) is 106 Å². The zero-order valence-corrected chi connectivity index (χ0v) is 23.0. The van der Waals surface area contributed by atoms with E-state index >= 15 is 0 Å². The number of urea groups is 1. The molecule has 2 rings (SSSR count). The lowest BCUT2D eigenvalue weighted by atomic mass is 9.83. The molecule has 0 unspecified atom stereocenters. The first-order valence-corrected chi connectivity index (χ1v) is 13.5. The monoisotopic (exact) mass is 507 g/mol. The third-order valence-corrected chi connectivity index (χ3v) is 7.39. The fraction of sp³-hybridized carbons (Fsp3) is 0.750. The molecule has 1 aromatic rings. The molecule has 0 bridgehead atoms. The number of hydrogen-bond donors (Lipinski definition) is 3. The van der Waals surface area contributed by atoms with Crippen LogP contribution in [0.25, 0.3) is 0 Å². The molecule has 1 fully saturated rings. The summed E-state index contributed by atoms with van der Waals surface area (Å²) in [4.78, 5) is 14.4. The van der Waals surface area contributed by atoms with Crippen LogP contribution in [0.15, 0.2) is 18.2 Å². The Kier molecular flexibility index (Phi) is 13.4. The Hall–Kier alpha value is -2.03. The summed E-state index contributed by atoms with van der Waals surface area (Å²) in [5.74, 6) is 2.08. The molecule has 1 saturated carbocycles. The number of aliphatic hydroxyl groups excluding tert-OH is 1. The van der Waals surface area contributed by atoms with E-state index in [0.717, 1.165) is 37.0 Å². The average molecular weight is 508 g/mol. The van der Waals surface area contributed by atoms with Crippen LogP contribution in [0.5, 0.6) is 11.5 Å². The summed E-state index contributed by atoms with van der Waals surface area (Å²) < 4.78 is 16.5. The lowest BCUT2D eigenvalue weighted by molar-refractivity contribution is 0.119. The van der Waals surface area contributed by atoms with E-state index in [1.165, 1.54) is 19.3 Å². The van der Waals surface area contributed by atoms with Crippen LogP contribution < -0.4 is 20.5 Å². The molecule has 1 aliphatic rings. The molecule has 1 aromatic carbocycles. The van der Waals surface area contributed by atoms with Gasteiger partial charge in [0.2, 0.25) is 0 Å². The van der Waals surface area contributed by atoms with E-state index in [4.69, 9.17) is 19.9 Å². The highest BCUT2D eigenvalue weighted by atomic mass is 16.5. The lowest BCUT2D eigenvalue weighted by Gasteiger charge is -2.32. The zero-order valence-electron chi connectivity index (χ0n) is 23.0. The maximum Gasteiger partial charge on any atom is 0.317 e. The molecule has 8 nitrogen and oxygen atoms in total. The molecule has 206 valence electrons. The normalized spacial score (nSPS) is 16.9. The van der Waals surface area contributed by atoms with Crippen molar-refractivity contribution >= 4 is 6.03 Å². The largest absolute Gasteiger partial charge is 0.493 e. The van der Waals surface area contributed by atoms with Gasteiger partial charge in [-0.15, -0.1) is 0 Å². The van der Waals surface area contributed by atoms with Crippen molar-refractivity contribution in [2.75, 3.05) is 41.0 Å². The van der Waals surface area contributed by atoms with E-state index in [1.54, 1.807) is 19.1 Å². The lowest BCUT2D eigenvalue weighted by Crippen LogP contribution is -2.49. The van der Waals surface area contributed by atoms with Gasteiger partial charge in [-0.3, -0.25) is 0 Å². The Bertz CT molecular complexity index is 770. The van der Waals surface area contributed by atoms with Crippen molar-refractivity contribution in [1.29, 1.82) is 0 Å². The number of ether oxygens (including phenoxy) is 3. The number of aliphatic hydroxyl groups is 1. The molecular weight excluding hydrogens is 458 g/mol. The molecular formula is C28H49N3O5. The molecule has 36 heavy (non-hydrogen) atoms. The van der Waals surface area contributed by atoms with E-state index in [2.05, 4.69) is 25.2 Å². The Labute approximate surface area is 217 Å². The van der Waals surface area contributed by atoms with Crippen LogP contribution in [0.2, 0.25) is 0 Å². The minimum Gasteiger partial charge on any atom is -0.493 e. The fourth-order valence-corrected chi connectivity index (χ4v) is 4.85. The highest BCUT2D eigenvalue weighted by Gasteiger charge is 2.26. The predicted molar refractivity (Wildman–Crippen MR) is 144 cm³/mol. The van der Waals surface area contributed by atoms with Crippen LogP contribution in [0.1, 0.15) is 64.4 Å². The van der Waals surface area contributed by atoms with Crippen molar-refractivity contribution < 1.29 is 24.1 Å². The van der Waals surface area contributed by atoms with E-state index < -0.39 is 12.1 Å². The number of nitrogens with two attached hydrogens (primary N) is 1. The SMILES string of the molecule is COCCCOc1cc(C[C@@H](C[C@H](N)[C@@H](O)CNC(=O)N(C)C2CCCCC2)C(C)C)ccc1OC. The predicted octanol–water partition coefficient (Wildman–Crippen LogP) is 3.98. The first-order chi connectivity index (χ1) is 17.3. The number of amides is 2. The van der Waals surface area contributed by atoms with Crippen LogP contribution in [0.4, 0.5) is 4.79 Å². The van der Waals surface area contributed by atoms with Gasteiger partial charge in [0.25, 0.3) is 0 Å². The number of nitrogens with zero attached hydrogens (tertiary/aromatic N) is 1. The second-order valence-electron chi connectivity index (χ2n) is 10.4. The summed E-state index contributed by atoms with van der Waals surface area (Å²) in [5.41, 5.74) is 7.55. The van der Waals surface area contributed by atoms with Crippen LogP contribution in [0.3, 0.4) is 0 Å². The van der Waals surface area contributed by atoms with Gasteiger partial charge < -0.3 is 35.3 Å². The molecule has 0 aromatic heterocycles. The maximum absolute atomic E-state index is 12.6. The minimum absolute atomic E-state index is 0.134. The highest BCUT2D eigenvalue weighted by Crippen LogP contribution is 2.31. The van der Waals surface area contributed by atoms with Crippen LogP contribution >= 0.6 is 0 Å². The molecule has 2 amide bonds. The number of nitrogens with one attached hydrogen (secondary N) is 1. The Balaban J connectivity index is 1.90. The van der Waals surface area contributed by atoms with Crippen molar-refractivity contribution in [2.24, 2.45) is 17.6 Å². The van der Waals surface area contributed by atoms with E-state index in [9.17, 15) is 9.90 Å². The molecule has 0 saturated heterocycles. The second-order valence-corrected chi connectivity index (χ2v) is 10.4. The van der Waals surface area contributed by atoms with E-state index in [-0.39, 0.29) is 24.5 Å². The van der Waals surface area contributed by atoms with Crippen LogP contribution in [-0.2, 0) is 11.2 Å². The van der Waals surface area contributed by atoms with Gasteiger partial charge in [0.15, 0.2) is 11.5 Å². The number of benzene rings is 1. The first kappa shape index (κ1) is 30.2. The molecule has 4 N–H and O–H groups in total. The number of carbonyl (C=O) groups excluding carboxylic acids is 1.